The second kappa shape index (κ2) is 15.7. The van der Waals surface area contributed by atoms with E-state index in [9.17, 15) is 18.4 Å². The molecule has 0 radical (unpaired) electrons. The van der Waals surface area contributed by atoms with Crippen LogP contribution in [0.4, 0.5) is 8.78 Å². The van der Waals surface area contributed by atoms with E-state index < -0.39 is 0 Å². The highest BCUT2D eigenvalue weighted by molar-refractivity contribution is 5.97. The van der Waals surface area contributed by atoms with Crippen LogP contribution in [0.5, 0.6) is 0 Å². The molecule has 6 aromatic rings. The molecule has 10 nitrogen and oxygen atoms in total. The van der Waals surface area contributed by atoms with Crippen LogP contribution in [0.3, 0.4) is 0 Å². The molecule has 0 saturated heterocycles. The van der Waals surface area contributed by atoms with Gasteiger partial charge >= 0.3 is 0 Å². The topological polar surface area (TPSA) is 120 Å². The van der Waals surface area contributed by atoms with Crippen LogP contribution in [0.15, 0.2) is 97.3 Å². The van der Waals surface area contributed by atoms with Gasteiger partial charge in [0, 0.05) is 52.8 Å². The van der Waals surface area contributed by atoms with Crippen molar-refractivity contribution in [3.8, 4) is 45.3 Å². The Labute approximate surface area is 321 Å². The average Bonchev–Trinajstić information content (AvgIpc) is 3.77. The van der Waals surface area contributed by atoms with Crippen LogP contribution >= 0.6 is 0 Å². The Morgan fingerprint density at radius 1 is 0.545 bits per heavy atom. The lowest BCUT2D eigenvalue weighted by atomic mass is 10.0. The minimum absolute atomic E-state index is 0.188. The van der Waals surface area contributed by atoms with Gasteiger partial charge in [0.2, 0.25) is 0 Å². The number of hydrogen-bond donors (Lipinski definition) is 2. The highest BCUT2D eigenvalue weighted by atomic mass is 19.1. The minimum Gasteiger partial charge on any atom is -0.347 e. The van der Waals surface area contributed by atoms with E-state index in [0.29, 0.717) is 33.9 Å². The molecular formula is C43H48F2N8O2. The number of amides is 2. The normalized spacial score (nSPS) is 11.8. The summed E-state index contributed by atoms with van der Waals surface area (Å²) in [6.07, 6.45) is 3.40. The van der Waals surface area contributed by atoms with Crippen LogP contribution in [0.2, 0.25) is 0 Å². The number of aromatic nitrogens is 6. The molecule has 0 aliphatic heterocycles. The fraction of sp³-hybridized carbons (Fsp3) is 0.302. The number of nitrogens with zero attached hydrogens (tertiary/aromatic N) is 6. The van der Waals surface area contributed by atoms with Crippen molar-refractivity contribution in [3.63, 3.8) is 0 Å². The zero-order valence-corrected chi connectivity index (χ0v) is 33.0. The molecular weight excluding hydrogens is 699 g/mol. The van der Waals surface area contributed by atoms with E-state index in [1.54, 1.807) is 65.6 Å². The van der Waals surface area contributed by atoms with E-state index in [4.69, 9.17) is 4.98 Å². The van der Waals surface area contributed by atoms with E-state index in [-0.39, 0.29) is 40.1 Å². The minimum atomic E-state index is -0.371. The monoisotopic (exact) mass is 746 g/mol. The highest BCUT2D eigenvalue weighted by Crippen LogP contribution is 2.29. The van der Waals surface area contributed by atoms with Gasteiger partial charge in [0.1, 0.15) is 11.6 Å². The number of halogens is 2. The van der Waals surface area contributed by atoms with E-state index in [0.717, 1.165) is 22.5 Å². The number of rotatable bonds is 6. The van der Waals surface area contributed by atoms with Gasteiger partial charge in [0.15, 0.2) is 0 Å². The molecule has 0 spiro atoms. The third kappa shape index (κ3) is 10.6. The van der Waals surface area contributed by atoms with Crippen molar-refractivity contribution in [2.75, 3.05) is 0 Å². The van der Waals surface area contributed by atoms with E-state index >= 15 is 0 Å². The van der Waals surface area contributed by atoms with Gasteiger partial charge in [-0.05, 0) is 147 Å². The van der Waals surface area contributed by atoms with Crippen molar-refractivity contribution in [1.82, 2.24) is 40.2 Å². The largest absolute Gasteiger partial charge is 0.347 e. The maximum absolute atomic E-state index is 13.4. The Bertz CT molecular complexity index is 2290. The number of carbonyl (C=O) groups is 2. The molecule has 0 saturated carbocycles. The Balaban J connectivity index is 0.000000212. The van der Waals surface area contributed by atoms with Crippen molar-refractivity contribution < 1.29 is 18.4 Å². The fourth-order valence-electron chi connectivity index (χ4n) is 5.61. The van der Waals surface area contributed by atoms with Crippen LogP contribution in [-0.4, -0.2) is 52.4 Å². The van der Waals surface area contributed by atoms with Gasteiger partial charge in [0.25, 0.3) is 11.8 Å². The van der Waals surface area contributed by atoms with Crippen LogP contribution in [0.1, 0.15) is 83.0 Å². The highest BCUT2D eigenvalue weighted by Gasteiger charge is 2.23. The maximum atomic E-state index is 13.4. The van der Waals surface area contributed by atoms with E-state index in [2.05, 4.69) is 46.6 Å². The molecule has 2 amide bonds. The van der Waals surface area contributed by atoms with Crippen molar-refractivity contribution in [3.05, 3.63) is 120 Å². The van der Waals surface area contributed by atoms with Gasteiger partial charge in [-0.3, -0.25) is 19.0 Å². The predicted octanol–water partition coefficient (Wildman–Crippen LogP) is 8.85. The Hall–Kier alpha value is -6.04. The molecule has 6 rings (SSSR count). The number of carbonyl (C=O) groups excluding carboxylic acids is 2. The summed E-state index contributed by atoms with van der Waals surface area (Å²) in [7, 11) is 1.82. The second-order valence-electron chi connectivity index (χ2n) is 16.3. The third-order valence-corrected chi connectivity index (χ3v) is 8.06. The van der Waals surface area contributed by atoms with Crippen molar-refractivity contribution in [2.24, 2.45) is 7.05 Å². The van der Waals surface area contributed by atoms with Gasteiger partial charge in [-0.25, -0.2) is 18.7 Å². The molecule has 0 bridgehead atoms. The van der Waals surface area contributed by atoms with E-state index in [1.807, 2.05) is 65.4 Å². The zero-order chi connectivity index (χ0) is 40.3. The molecule has 4 heterocycles. The molecule has 0 aliphatic rings. The molecule has 12 heteroatoms. The van der Waals surface area contributed by atoms with Gasteiger partial charge < -0.3 is 10.6 Å². The fourth-order valence-corrected chi connectivity index (χ4v) is 5.61. The Morgan fingerprint density at radius 2 is 0.927 bits per heavy atom. The van der Waals surface area contributed by atoms with Gasteiger partial charge in [-0.2, -0.15) is 10.2 Å². The van der Waals surface area contributed by atoms with Gasteiger partial charge in [-0.1, -0.05) is 0 Å². The lowest BCUT2D eigenvalue weighted by Gasteiger charge is -2.23. The summed E-state index contributed by atoms with van der Waals surface area (Å²) in [6.45, 7) is 17.7. The van der Waals surface area contributed by atoms with Crippen LogP contribution < -0.4 is 10.6 Å². The number of nitrogens with one attached hydrogen (secondary N) is 2. The molecule has 2 aromatic carbocycles. The number of hydrogen-bond acceptors (Lipinski definition) is 6. The second-order valence-corrected chi connectivity index (χ2v) is 16.3. The quantitative estimate of drug-likeness (QED) is 0.176. The molecule has 2 N–H and O–H groups in total. The lowest BCUT2D eigenvalue weighted by molar-refractivity contribution is 0.0910. The first kappa shape index (κ1) is 40.2. The lowest BCUT2D eigenvalue weighted by Crippen LogP contribution is -2.40. The summed E-state index contributed by atoms with van der Waals surface area (Å²) in [5.74, 6) is -1.01. The zero-order valence-electron chi connectivity index (χ0n) is 33.0. The average molecular weight is 747 g/mol. The molecule has 0 fully saturated rings. The molecule has 55 heavy (non-hydrogen) atoms. The molecule has 0 atom stereocenters. The van der Waals surface area contributed by atoms with Crippen molar-refractivity contribution in [1.29, 1.82) is 0 Å². The third-order valence-electron chi connectivity index (χ3n) is 8.06. The number of benzene rings is 2. The molecule has 0 aliphatic carbocycles. The Kier molecular flexibility index (Phi) is 11.5. The summed E-state index contributed by atoms with van der Waals surface area (Å²) < 4.78 is 30.2. The first-order valence-electron chi connectivity index (χ1n) is 17.9. The summed E-state index contributed by atoms with van der Waals surface area (Å²) in [5.41, 5.74) is 5.55. The van der Waals surface area contributed by atoms with E-state index in [1.165, 1.54) is 24.3 Å². The van der Waals surface area contributed by atoms with Crippen LogP contribution in [-0.2, 0) is 12.6 Å². The summed E-state index contributed by atoms with van der Waals surface area (Å²) in [4.78, 5) is 35.0. The molecule has 0 unspecified atom stereocenters. The standard InChI is InChI=1S/C23H27FN4O.C20H21FN4O/c1-22(2,3)27-21(29)16-13-18(15-7-9-17(24)10-8-15)26-19(14-16)20-11-12-25-28(20)23(4,5)6;1-20(2,3)24-19(26)14-11-16(13-5-7-15(21)8-6-13)23-17(12-14)18-9-10-22-25(18)4/h7-14H,1-6H3,(H,27,29);5-12H,1-4H3,(H,24,26). The van der Waals surface area contributed by atoms with Crippen molar-refractivity contribution >= 4 is 11.8 Å². The maximum Gasteiger partial charge on any atom is 0.251 e. The van der Waals surface area contributed by atoms with Crippen LogP contribution in [0.25, 0.3) is 45.3 Å². The van der Waals surface area contributed by atoms with Crippen molar-refractivity contribution in [2.45, 2.75) is 78.9 Å². The molecule has 4 aromatic heterocycles. The summed E-state index contributed by atoms with van der Waals surface area (Å²) in [5, 5.41) is 14.6. The molecule has 286 valence electrons. The van der Waals surface area contributed by atoms with Gasteiger partial charge in [-0.15, -0.1) is 0 Å². The first-order valence-corrected chi connectivity index (χ1v) is 17.9. The SMILES string of the molecule is CC(C)(C)NC(=O)c1cc(-c2ccc(F)cc2)nc(-c2ccnn2C(C)(C)C)c1.Cn1nccc1-c1cc(C(=O)NC(C)(C)C)cc(-c2ccc(F)cc2)n1. The smallest absolute Gasteiger partial charge is 0.251 e. The summed E-state index contributed by atoms with van der Waals surface area (Å²) in [6, 6.07) is 22.8. The predicted molar refractivity (Wildman–Crippen MR) is 212 cm³/mol. The number of aryl methyl sites for hydroxylation is 1. The van der Waals surface area contributed by atoms with Crippen LogP contribution in [0, 0.1) is 11.6 Å². The summed E-state index contributed by atoms with van der Waals surface area (Å²) >= 11 is 0. The van der Waals surface area contributed by atoms with Gasteiger partial charge in [0.05, 0.1) is 39.7 Å². The number of pyridine rings is 2. The first-order chi connectivity index (χ1) is 25.7. The Morgan fingerprint density at radius 3 is 1.31 bits per heavy atom.